The molecule has 1 aliphatic rings. The van der Waals surface area contributed by atoms with Gasteiger partial charge in [-0.1, -0.05) is 24.3 Å². The lowest BCUT2D eigenvalue weighted by Crippen LogP contribution is -2.30. The van der Waals surface area contributed by atoms with Crippen LogP contribution in [0, 0.1) is 0 Å². The Bertz CT molecular complexity index is 506. The molecule has 16 heavy (non-hydrogen) atoms. The Morgan fingerprint density at radius 3 is 2.94 bits per heavy atom. The molecule has 0 saturated carbocycles. The van der Waals surface area contributed by atoms with Crippen molar-refractivity contribution in [2.75, 3.05) is 6.54 Å². The Labute approximate surface area is 108 Å². The highest BCUT2D eigenvalue weighted by Gasteiger charge is 2.23. The standard InChI is InChI=1S/C13H12BrNS/c14-11-6-8-16-13(11)12-10-4-2-1-3-9(10)5-7-15-12/h1-4,6,8,12,15H,5,7H2. The number of hydrogen-bond acceptors (Lipinski definition) is 2. The molecule has 1 atom stereocenters. The fraction of sp³-hybridized carbons (Fsp3) is 0.231. The van der Waals surface area contributed by atoms with Crippen molar-refractivity contribution in [3.8, 4) is 0 Å². The van der Waals surface area contributed by atoms with Crippen LogP contribution in [0.4, 0.5) is 0 Å². The molecular weight excluding hydrogens is 282 g/mol. The summed E-state index contributed by atoms with van der Waals surface area (Å²) in [6.07, 6.45) is 1.13. The SMILES string of the molecule is Brc1ccsc1C1NCCc2ccccc21. The van der Waals surface area contributed by atoms with E-state index in [2.05, 4.69) is 57.0 Å². The Kier molecular flexibility index (Phi) is 2.84. The molecule has 0 spiro atoms. The number of halogens is 1. The van der Waals surface area contributed by atoms with E-state index < -0.39 is 0 Å². The van der Waals surface area contributed by atoms with Gasteiger partial charge in [0.2, 0.25) is 0 Å². The number of thiophene rings is 1. The molecule has 3 rings (SSSR count). The maximum atomic E-state index is 3.62. The number of benzene rings is 1. The van der Waals surface area contributed by atoms with Crippen molar-refractivity contribution in [1.82, 2.24) is 5.32 Å². The van der Waals surface area contributed by atoms with Gasteiger partial charge in [-0.25, -0.2) is 0 Å². The molecule has 1 aromatic heterocycles. The first kappa shape index (κ1) is 10.5. The minimum atomic E-state index is 0.360. The minimum absolute atomic E-state index is 0.360. The van der Waals surface area contributed by atoms with Crippen molar-refractivity contribution >= 4 is 27.3 Å². The zero-order chi connectivity index (χ0) is 11.0. The van der Waals surface area contributed by atoms with Gasteiger partial charge in [-0.15, -0.1) is 11.3 Å². The van der Waals surface area contributed by atoms with Crippen LogP contribution in [0.5, 0.6) is 0 Å². The second-order valence-electron chi connectivity index (χ2n) is 3.97. The van der Waals surface area contributed by atoms with E-state index in [0.717, 1.165) is 13.0 Å². The first-order chi connectivity index (χ1) is 7.86. The average Bonchev–Trinajstić information content (AvgIpc) is 2.75. The van der Waals surface area contributed by atoms with Crippen LogP contribution in [-0.2, 0) is 6.42 Å². The highest BCUT2D eigenvalue weighted by molar-refractivity contribution is 9.10. The molecule has 0 radical (unpaired) electrons. The predicted molar refractivity (Wildman–Crippen MR) is 72.0 cm³/mol. The van der Waals surface area contributed by atoms with Crippen LogP contribution in [0.3, 0.4) is 0 Å². The van der Waals surface area contributed by atoms with Crippen molar-refractivity contribution in [2.45, 2.75) is 12.5 Å². The molecular formula is C13H12BrNS. The van der Waals surface area contributed by atoms with E-state index in [1.165, 1.54) is 20.5 Å². The van der Waals surface area contributed by atoms with Crippen LogP contribution in [0.2, 0.25) is 0 Å². The minimum Gasteiger partial charge on any atom is -0.305 e. The lowest BCUT2D eigenvalue weighted by atomic mass is 9.93. The van der Waals surface area contributed by atoms with E-state index in [1.807, 2.05) is 11.3 Å². The van der Waals surface area contributed by atoms with E-state index in [4.69, 9.17) is 0 Å². The summed E-state index contributed by atoms with van der Waals surface area (Å²) in [6, 6.07) is 11.2. The second-order valence-corrected chi connectivity index (χ2v) is 5.77. The van der Waals surface area contributed by atoms with Crippen molar-refractivity contribution in [1.29, 1.82) is 0 Å². The van der Waals surface area contributed by atoms with Crippen molar-refractivity contribution in [3.05, 3.63) is 56.2 Å². The van der Waals surface area contributed by atoms with Gasteiger partial charge in [-0.2, -0.15) is 0 Å². The molecule has 0 aliphatic carbocycles. The van der Waals surface area contributed by atoms with Crippen molar-refractivity contribution in [2.24, 2.45) is 0 Å². The Balaban J connectivity index is 2.08. The summed E-state index contributed by atoms with van der Waals surface area (Å²) in [7, 11) is 0. The van der Waals surface area contributed by atoms with Crippen LogP contribution < -0.4 is 5.32 Å². The highest BCUT2D eigenvalue weighted by atomic mass is 79.9. The molecule has 3 heteroatoms. The summed E-state index contributed by atoms with van der Waals surface area (Å²) in [5, 5.41) is 5.74. The highest BCUT2D eigenvalue weighted by Crippen LogP contribution is 2.36. The van der Waals surface area contributed by atoms with Gasteiger partial charge in [-0.05, 0) is 44.9 Å². The van der Waals surface area contributed by atoms with Gasteiger partial charge in [0.05, 0.1) is 6.04 Å². The number of nitrogens with one attached hydrogen (secondary N) is 1. The van der Waals surface area contributed by atoms with Gasteiger partial charge in [0.1, 0.15) is 0 Å². The smallest absolute Gasteiger partial charge is 0.0685 e. The molecule has 0 bridgehead atoms. The zero-order valence-corrected chi connectivity index (χ0v) is 11.1. The molecule has 82 valence electrons. The third-order valence-corrected chi connectivity index (χ3v) is 4.95. The third kappa shape index (κ3) is 1.73. The topological polar surface area (TPSA) is 12.0 Å². The van der Waals surface area contributed by atoms with Crippen molar-refractivity contribution < 1.29 is 0 Å². The van der Waals surface area contributed by atoms with E-state index in [9.17, 15) is 0 Å². The normalized spacial score (nSPS) is 19.4. The Hall–Kier alpha value is -0.640. The first-order valence-electron chi connectivity index (χ1n) is 5.40. The van der Waals surface area contributed by atoms with Gasteiger partial charge in [0.15, 0.2) is 0 Å². The van der Waals surface area contributed by atoms with Crippen LogP contribution in [0.15, 0.2) is 40.2 Å². The van der Waals surface area contributed by atoms with E-state index in [0.29, 0.717) is 6.04 Å². The zero-order valence-electron chi connectivity index (χ0n) is 8.74. The van der Waals surface area contributed by atoms with Gasteiger partial charge in [0.25, 0.3) is 0 Å². The lowest BCUT2D eigenvalue weighted by Gasteiger charge is -2.26. The van der Waals surface area contributed by atoms with Gasteiger partial charge < -0.3 is 5.32 Å². The van der Waals surface area contributed by atoms with Crippen molar-refractivity contribution in [3.63, 3.8) is 0 Å². The molecule has 2 aromatic rings. The Morgan fingerprint density at radius 1 is 1.25 bits per heavy atom. The monoisotopic (exact) mass is 293 g/mol. The Morgan fingerprint density at radius 2 is 2.12 bits per heavy atom. The summed E-state index contributed by atoms with van der Waals surface area (Å²) < 4.78 is 1.21. The summed E-state index contributed by atoms with van der Waals surface area (Å²) in [4.78, 5) is 1.38. The molecule has 0 fully saturated rings. The molecule has 1 aliphatic heterocycles. The molecule has 1 unspecified atom stereocenters. The molecule has 0 amide bonds. The summed E-state index contributed by atoms with van der Waals surface area (Å²) >= 11 is 5.43. The van der Waals surface area contributed by atoms with Gasteiger partial charge in [-0.3, -0.25) is 0 Å². The quantitative estimate of drug-likeness (QED) is 0.844. The molecule has 2 heterocycles. The fourth-order valence-electron chi connectivity index (χ4n) is 2.25. The largest absolute Gasteiger partial charge is 0.305 e. The van der Waals surface area contributed by atoms with Crippen LogP contribution in [0.25, 0.3) is 0 Å². The second kappa shape index (κ2) is 4.32. The number of fused-ring (bicyclic) bond motifs is 1. The van der Waals surface area contributed by atoms with Crippen LogP contribution in [0.1, 0.15) is 22.0 Å². The third-order valence-electron chi connectivity index (χ3n) is 3.02. The van der Waals surface area contributed by atoms with E-state index >= 15 is 0 Å². The number of rotatable bonds is 1. The molecule has 0 saturated heterocycles. The average molecular weight is 294 g/mol. The molecule has 1 aromatic carbocycles. The molecule has 1 nitrogen and oxygen atoms in total. The van der Waals surface area contributed by atoms with E-state index in [-0.39, 0.29) is 0 Å². The summed E-state index contributed by atoms with van der Waals surface area (Å²) in [5.74, 6) is 0. The molecule has 1 N–H and O–H groups in total. The van der Waals surface area contributed by atoms with Crippen LogP contribution in [-0.4, -0.2) is 6.54 Å². The van der Waals surface area contributed by atoms with Gasteiger partial charge in [0, 0.05) is 15.9 Å². The number of hydrogen-bond donors (Lipinski definition) is 1. The maximum absolute atomic E-state index is 3.62. The lowest BCUT2D eigenvalue weighted by molar-refractivity contribution is 0.573. The van der Waals surface area contributed by atoms with Crippen LogP contribution >= 0.6 is 27.3 Å². The van der Waals surface area contributed by atoms with Gasteiger partial charge >= 0.3 is 0 Å². The summed E-state index contributed by atoms with van der Waals surface area (Å²) in [6.45, 7) is 1.06. The predicted octanol–water partition coefficient (Wildman–Crippen LogP) is 3.75. The first-order valence-corrected chi connectivity index (χ1v) is 7.07. The summed E-state index contributed by atoms with van der Waals surface area (Å²) in [5.41, 5.74) is 2.91. The van der Waals surface area contributed by atoms with E-state index in [1.54, 1.807) is 0 Å². The fourth-order valence-corrected chi connectivity index (χ4v) is 3.94. The maximum Gasteiger partial charge on any atom is 0.0685 e.